The van der Waals surface area contributed by atoms with Gasteiger partial charge in [0.25, 0.3) is 5.91 Å². The van der Waals surface area contributed by atoms with Gasteiger partial charge in [-0.25, -0.2) is 0 Å². The highest BCUT2D eigenvalue weighted by Gasteiger charge is 2.17. The summed E-state index contributed by atoms with van der Waals surface area (Å²) in [5.41, 5.74) is 2.32. The Balaban J connectivity index is 1.70. The van der Waals surface area contributed by atoms with Crippen LogP contribution in [0, 0.1) is 0 Å². The first kappa shape index (κ1) is 16.7. The first-order valence-electron chi connectivity index (χ1n) is 7.97. The van der Waals surface area contributed by atoms with Crippen molar-refractivity contribution in [1.29, 1.82) is 0 Å². The van der Waals surface area contributed by atoms with Gasteiger partial charge in [-0.2, -0.15) is 5.10 Å². The van der Waals surface area contributed by atoms with Crippen molar-refractivity contribution >= 4 is 5.91 Å². The van der Waals surface area contributed by atoms with Crippen molar-refractivity contribution in [2.75, 3.05) is 6.61 Å². The van der Waals surface area contributed by atoms with Crippen LogP contribution in [0.3, 0.4) is 0 Å². The van der Waals surface area contributed by atoms with E-state index in [0.717, 1.165) is 5.56 Å². The number of rotatable bonds is 6. The Morgan fingerprint density at radius 3 is 2.56 bits per heavy atom. The van der Waals surface area contributed by atoms with Crippen molar-refractivity contribution in [3.8, 4) is 17.0 Å². The van der Waals surface area contributed by atoms with Crippen molar-refractivity contribution < 1.29 is 15.0 Å². The summed E-state index contributed by atoms with van der Waals surface area (Å²) in [4.78, 5) is 12.4. The number of phenolic OH excluding ortho intramolecular Hbond substituents is 1. The van der Waals surface area contributed by atoms with Crippen LogP contribution < -0.4 is 5.32 Å². The van der Waals surface area contributed by atoms with Gasteiger partial charge in [-0.15, -0.1) is 0 Å². The zero-order valence-corrected chi connectivity index (χ0v) is 13.5. The van der Waals surface area contributed by atoms with Gasteiger partial charge >= 0.3 is 0 Å². The molecule has 128 valence electrons. The van der Waals surface area contributed by atoms with Crippen molar-refractivity contribution in [2.24, 2.45) is 0 Å². The van der Waals surface area contributed by atoms with E-state index in [9.17, 15) is 15.0 Å². The Hall–Kier alpha value is -3.12. The molecule has 2 aromatic carbocycles. The highest BCUT2D eigenvalue weighted by atomic mass is 16.3. The number of amides is 1. The molecule has 0 fully saturated rings. The second-order valence-corrected chi connectivity index (χ2v) is 5.73. The monoisotopic (exact) mass is 337 g/mol. The standard InChI is InChI=1S/C19H19N3O3/c23-12-14(10-13-6-2-1-3-7-13)20-19(25)17-11-16(21-22-17)15-8-4-5-9-18(15)24/h1-9,11,14,23-24H,10,12H2,(H,20,25)(H,21,22). The number of hydrogen-bond acceptors (Lipinski definition) is 4. The Morgan fingerprint density at radius 1 is 1.12 bits per heavy atom. The number of carbonyl (C=O) groups is 1. The van der Waals surface area contributed by atoms with E-state index in [1.54, 1.807) is 30.3 Å². The Bertz CT molecular complexity index is 846. The maximum Gasteiger partial charge on any atom is 0.269 e. The van der Waals surface area contributed by atoms with E-state index in [1.807, 2.05) is 30.3 Å². The molecule has 0 saturated heterocycles. The summed E-state index contributed by atoms with van der Waals surface area (Å²) >= 11 is 0. The van der Waals surface area contributed by atoms with Gasteiger partial charge in [-0.1, -0.05) is 42.5 Å². The predicted molar refractivity (Wildman–Crippen MR) is 94.2 cm³/mol. The number of aromatic amines is 1. The number of H-pyrrole nitrogens is 1. The van der Waals surface area contributed by atoms with E-state index >= 15 is 0 Å². The molecule has 6 heteroatoms. The largest absolute Gasteiger partial charge is 0.507 e. The maximum absolute atomic E-state index is 12.4. The second-order valence-electron chi connectivity index (χ2n) is 5.73. The van der Waals surface area contributed by atoms with Gasteiger partial charge in [0.15, 0.2) is 0 Å². The van der Waals surface area contributed by atoms with E-state index in [0.29, 0.717) is 17.7 Å². The first-order chi connectivity index (χ1) is 12.2. The summed E-state index contributed by atoms with van der Waals surface area (Å²) in [7, 11) is 0. The molecule has 1 unspecified atom stereocenters. The summed E-state index contributed by atoms with van der Waals surface area (Å²) in [6, 6.07) is 17.6. The van der Waals surface area contributed by atoms with E-state index in [2.05, 4.69) is 15.5 Å². The van der Waals surface area contributed by atoms with Gasteiger partial charge in [-0.05, 0) is 30.2 Å². The molecular formula is C19H19N3O3. The Kier molecular flexibility index (Phi) is 5.11. The molecule has 1 heterocycles. The average Bonchev–Trinajstić information content (AvgIpc) is 3.12. The summed E-state index contributed by atoms with van der Waals surface area (Å²) in [5, 5.41) is 28.9. The number of aromatic nitrogens is 2. The molecule has 0 aliphatic carbocycles. The molecule has 0 saturated carbocycles. The average molecular weight is 337 g/mol. The quantitative estimate of drug-likeness (QED) is 0.554. The number of benzene rings is 2. The third-order valence-corrected chi connectivity index (χ3v) is 3.88. The number of carbonyl (C=O) groups excluding carboxylic acids is 1. The van der Waals surface area contributed by atoms with Crippen LogP contribution >= 0.6 is 0 Å². The van der Waals surface area contributed by atoms with Crippen LogP contribution in [0.2, 0.25) is 0 Å². The number of aliphatic hydroxyl groups is 1. The smallest absolute Gasteiger partial charge is 0.269 e. The lowest BCUT2D eigenvalue weighted by Crippen LogP contribution is -2.39. The topological polar surface area (TPSA) is 98.2 Å². The fourth-order valence-electron chi connectivity index (χ4n) is 2.59. The molecule has 1 amide bonds. The molecule has 6 nitrogen and oxygen atoms in total. The number of aromatic hydroxyl groups is 1. The number of para-hydroxylation sites is 1. The molecule has 0 spiro atoms. The van der Waals surface area contributed by atoms with E-state index in [-0.39, 0.29) is 24.0 Å². The van der Waals surface area contributed by atoms with E-state index < -0.39 is 6.04 Å². The highest BCUT2D eigenvalue weighted by Crippen LogP contribution is 2.27. The third kappa shape index (κ3) is 4.05. The first-order valence-corrected chi connectivity index (χ1v) is 7.97. The molecule has 0 aliphatic rings. The molecule has 3 aromatic rings. The number of aliphatic hydroxyl groups excluding tert-OH is 1. The maximum atomic E-state index is 12.4. The zero-order chi connectivity index (χ0) is 17.6. The summed E-state index contributed by atoms with van der Waals surface area (Å²) in [6.07, 6.45) is 0.531. The normalized spacial score (nSPS) is 11.9. The van der Waals surface area contributed by atoms with Crippen LogP contribution in [-0.2, 0) is 6.42 Å². The van der Waals surface area contributed by atoms with Gasteiger partial charge in [0, 0.05) is 5.56 Å². The molecular weight excluding hydrogens is 318 g/mol. The van der Waals surface area contributed by atoms with Gasteiger partial charge in [0.05, 0.1) is 18.3 Å². The number of nitrogens with one attached hydrogen (secondary N) is 2. The summed E-state index contributed by atoms with van der Waals surface area (Å²) < 4.78 is 0. The molecule has 1 atom stereocenters. The molecule has 0 radical (unpaired) electrons. The zero-order valence-electron chi connectivity index (χ0n) is 13.5. The van der Waals surface area contributed by atoms with Crippen LogP contribution in [0.15, 0.2) is 60.7 Å². The predicted octanol–water partition coefficient (Wildman–Crippen LogP) is 2.12. The molecule has 4 N–H and O–H groups in total. The fourth-order valence-corrected chi connectivity index (χ4v) is 2.59. The SMILES string of the molecule is O=C(NC(CO)Cc1ccccc1)c1cc(-c2ccccc2O)n[nH]1. The van der Waals surface area contributed by atoms with Gasteiger partial charge in [0.2, 0.25) is 0 Å². The lowest BCUT2D eigenvalue weighted by atomic mass is 10.1. The molecule has 0 bridgehead atoms. The van der Waals surface area contributed by atoms with E-state index in [1.165, 1.54) is 0 Å². The number of hydrogen-bond donors (Lipinski definition) is 4. The van der Waals surface area contributed by atoms with E-state index in [4.69, 9.17) is 0 Å². The van der Waals surface area contributed by atoms with Crippen molar-refractivity contribution in [3.63, 3.8) is 0 Å². The second kappa shape index (κ2) is 7.63. The van der Waals surface area contributed by atoms with Gasteiger partial charge < -0.3 is 15.5 Å². The van der Waals surface area contributed by atoms with Crippen LogP contribution in [0.5, 0.6) is 5.75 Å². The van der Waals surface area contributed by atoms with Crippen molar-refractivity contribution in [2.45, 2.75) is 12.5 Å². The van der Waals surface area contributed by atoms with Gasteiger partial charge in [0.1, 0.15) is 11.4 Å². The minimum atomic E-state index is -0.397. The Labute approximate surface area is 145 Å². The summed E-state index contributed by atoms with van der Waals surface area (Å²) in [5.74, 6) is -0.262. The molecule has 0 aliphatic heterocycles. The minimum absolute atomic E-state index is 0.0956. The van der Waals surface area contributed by atoms with Crippen LogP contribution in [0.25, 0.3) is 11.3 Å². The Morgan fingerprint density at radius 2 is 1.84 bits per heavy atom. The fraction of sp³-hybridized carbons (Fsp3) is 0.158. The van der Waals surface area contributed by atoms with Gasteiger partial charge in [-0.3, -0.25) is 9.89 Å². The lowest BCUT2D eigenvalue weighted by molar-refractivity contribution is 0.0911. The molecule has 1 aromatic heterocycles. The van der Waals surface area contributed by atoms with Crippen molar-refractivity contribution in [3.05, 3.63) is 71.9 Å². The minimum Gasteiger partial charge on any atom is -0.507 e. The number of phenols is 1. The van der Waals surface area contributed by atoms with Crippen LogP contribution in [0.1, 0.15) is 16.1 Å². The summed E-state index contributed by atoms with van der Waals surface area (Å²) in [6.45, 7) is -0.166. The van der Waals surface area contributed by atoms with Crippen LogP contribution in [-0.4, -0.2) is 39.0 Å². The lowest BCUT2D eigenvalue weighted by Gasteiger charge is -2.15. The molecule has 25 heavy (non-hydrogen) atoms. The molecule has 3 rings (SSSR count). The highest BCUT2D eigenvalue weighted by molar-refractivity contribution is 5.93. The third-order valence-electron chi connectivity index (χ3n) is 3.88. The van der Waals surface area contributed by atoms with Crippen LogP contribution in [0.4, 0.5) is 0 Å². The number of nitrogens with zero attached hydrogens (tertiary/aromatic N) is 1. The van der Waals surface area contributed by atoms with Crippen molar-refractivity contribution in [1.82, 2.24) is 15.5 Å².